The summed E-state index contributed by atoms with van der Waals surface area (Å²) < 4.78 is 5.70. The largest absolute Gasteiger partial charge is 0.491 e. The Morgan fingerprint density at radius 1 is 1.16 bits per heavy atom. The monoisotopic (exact) mass is 358 g/mol. The standard InChI is InChI=1S/C19H19ClN2O3/c20-13-4-5-18-12(6-13)7-14(10-25-18)21-19(24)22-17-3-1-2-11-8-15(23)9-16(11)17/h1-6,14-15,23H,7-10H2,(H2,21,22,24)/t14-,15+/m0/s1. The van der Waals surface area contributed by atoms with Crippen molar-refractivity contribution in [1.82, 2.24) is 5.32 Å². The van der Waals surface area contributed by atoms with Gasteiger partial charge >= 0.3 is 6.03 Å². The van der Waals surface area contributed by atoms with Gasteiger partial charge in [0, 0.05) is 17.1 Å². The van der Waals surface area contributed by atoms with Crippen molar-refractivity contribution in [2.75, 3.05) is 11.9 Å². The molecule has 2 aromatic carbocycles. The lowest BCUT2D eigenvalue weighted by Gasteiger charge is -2.26. The molecule has 0 saturated carbocycles. The van der Waals surface area contributed by atoms with Crippen LogP contribution >= 0.6 is 11.6 Å². The third-order valence-corrected chi connectivity index (χ3v) is 4.92. The van der Waals surface area contributed by atoms with Crippen molar-refractivity contribution in [3.63, 3.8) is 0 Å². The van der Waals surface area contributed by atoms with E-state index >= 15 is 0 Å². The molecule has 2 aromatic rings. The van der Waals surface area contributed by atoms with Crippen LogP contribution < -0.4 is 15.4 Å². The highest BCUT2D eigenvalue weighted by Gasteiger charge is 2.24. The first kappa shape index (κ1) is 16.2. The van der Waals surface area contributed by atoms with Crippen LogP contribution in [0.2, 0.25) is 5.02 Å². The van der Waals surface area contributed by atoms with Crippen LogP contribution in [0.15, 0.2) is 36.4 Å². The summed E-state index contributed by atoms with van der Waals surface area (Å²) in [6.07, 6.45) is 1.52. The summed E-state index contributed by atoms with van der Waals surface area (Å²) in [7, 11) is 0. The number of aliphatic hydroxyl groups is 1. The van der Waals surface area contributed by atoms with Gasteiger partial charge in [0.15, 0.2) is 0 Å². The molecule has 130 valence electrons. The van der Waals surface area contributed by atoms with Gasteiger partial charge in [0.25, 0.3) is 0 Å². The third kappa shape index (κ3) is 3.43. The summed E-state index contributed by atoms with van der Waals surface area (Å²) in [5.41, 5.74) is 3.86. The van der Waals surface area contributed by atoms with Crippen LogP contribution in [-0.4, -0.2) is 29.9 Å². The Morgan fingerprint density at radius 3 is 2.92 bits per heavy atom. The molecule has 1 heterocycles. The van der Waals surface area contributed by atoms with Gasteiger partial charge in [-0.15, -0.1) is 0 Å². The van der Waals surface area contributed by atoms with Crippen molar-refractivity contribution in [3.8, 4) is 5.75 Å². The molecule has 2 atom stereocenters. The van der Waals surface area contributed by atoms with Crippen LogP contribution in [0.1, 0.15) is 16.7 Å². The normalized spacial score (nSPS) is 21.0. The number of urea groups is 1. The fourth-order valence-electron chi connectivity index (χ4n) is 3.55. The summed E-state index contributed by atoms with van der Waals surface area (Å²) in [5, 5.41) is 16.3. The zero-order chi connectivity index (χ0) is 17.4. The van der Waals surface area contributed by atoms with Gasteiger partial charge in [0.1, 0.15) is 12.4 Å². The van der Waals surface area contributed by atoms with Crippen LogP contribution in [0.5, 0.6) is 5.75 Å². The van der Waals surface area contributed by atoms with Gasteiger partial charge < -0.3 is 20.5 Å². The van der Waals surface area contributed by atoms with Gasteiger partial charge in [-0.3, -0.25) is 0 Å². The van der Waals surface area contributed by atoms with Crippen LogP contribution in [-0.2, 0) is 19.3 Å². The van der Waals surface area contributed by atoms with Crippen LogP contribution in [0.3, 0.4) is 0 Å². The second-order valence-electron chi connectivity index (χ2n) is 6.57. The van der Waals surface area contributed by atoms with E-state index in [0.29, 0.717) is 30.9 Å². The first-order valence-electron chi connectivity index (χ1n) is 8.36. The number of fused-ring (bicyclic) bond motifs is 2. The lowest BCUT2D eigenvalue weighted by atomic mass is 10.0. The number of benzene rings is 2. The van der Waals surface area contributed by atoms with Crippen molar-refractivity contribution < 1.29 is 14.6 Å². The maximum absolute atomic E-state index is 12.4. The van der Waals surface area contributed by atoms with Crippen molar-refractivity contribution in [2.24, 2.45) is 0 Å². The van der Waals surface area contributed by atoms with Gasteiger partial charge in [0.05, 0.1) is 12.1 Å². The lowest BCUT2D eigenvalue weighted by Crippen LogP contribution is -2.44. The number of rotatable bonds is 2. The molecule has 0 bridgehead atoms. The molecule has 1 aliphatic heterocycles. The summed E-state index contributed by atoms with van der Waals surface area (Å²) >= 11 is 6.03. The number of hydrogen-bond donors (Lipinski definition) is 3. The molecular weight excluding hydrogens is 340 g/mol. The molecule has 25 heavy (non-hydrogen) atoms. The number of carbonyl (C=O) groups excluding carboxylic acids is 1. The fraction of sp³-hybridized carbons (Fsp3) is 0.316. The maximum Gasteiger partial charge on any atom is 0.319 e. The number of ether oxygens (including phenoxy) is 1. The number of amides is 2. The first-order valence-corrected chi connectivity index (χ1v) is 8.74. The Labute approximate surface area is 151 Å². The van der Waals surface area contributed by atoms with Crippen molar-refractivity contribution in [2.45, 2.75) is 31.4 Å². The van der Waals surface area contributed by atoms with E-state index in [0.717, 1.165) is 28.1 Å². The molecule has 2 amide bonds. The highest BCUT2D eigenvalue weighted by Crippen LogP contribution is 2.30. The summed E-state index contributed by atoms with van der Waals surface area (Å²) in [5.74, 6) is 0.817. The fourth-order valence-corrected chi connectivity index (χ4v) is 3.74. The minimum absolute atomic E-state index is 0.117. The SMILES string of the molecule is O=C(Nc1cccc2c1C[C@H](O)C2)N[C@@H]1COc2ccc(Cl)cc2C1. The van der Waals surface area contributed by atoms with Gasteiger partial charge in [-0.1, -0.05) is 23.7 Å². The van der Waals surface area contributed by atoms with Gasteiger partial charge in [-0.05, 0) is 53.8 Å². The van der Waals surface area contributed by atoms with Crippen molar-refractivity contribution in [3.05, 3.63) is 58.1 Å². The van der Waals surface area contributed by atoms with Crippen molar-refractivity contribution >= 4 is 23.3 Å². The molecule has 0 fully saturated rings. The molecular formula is C19H19ClN2O3. The summed E-state index contributed by atoms with van der Waals surface area (Å²) in [6, 6.07) is 10.9. The number of aliphatic hydroxyl groups excluding tert-OH is 1. The van der Waals surface area contributed by atoms with Crippen LogP contribution in [0.4, 0.5) is 10.5 Å². The lowest BCUT2D eigenvalue weighted by molar-refractivity contribution is 0.187. The molecule has 2 aliphatic rings. The second kappa shape index (κ2) is 6.58. The Hall–Kier alpha value is -2.24. The predicted octanol–water partition coefficient (Wildman–Crippen LogP) is 2.92. The van der Waals surface area contributed by atoms with E-state index in [4.69, 9.17) is 16.3 Å². The summed E-state index contributed by atoms with van der Waals surface area (Å²) in [4.78, 5) is 12.4. The summed E-state index contributed by atoms with van der Waals surface area (Å²) in [6.45, 7) is 0.424. The smallest absolute Gasteiger partial charge is 0.319 e. The highest BCUT2D eigenvalue weighted by molar-refractivity contribution is 6.30. The zero-order valence-electron chi connectivity index (χ0n) is 13.6. The van der Waals surface area contributed by atoms with E-state index in [-0.39, 0.29) is 18.2 Å². The maximum atomic E-state index is 12.4. The molecule has 0 saturated heterocycles. The van der Waals surface area contributed by atoms with Gasteiger partial charge in [0.2, 0.25) is 0 Å². The third-order valence-electron chi connectivity index (χ3n) is 4.68. The minimum atomic E-state index is -0.367. The van der Waals surface area contributed by atoms with E-state index in [1.54, 1.807) is 6.07 Å². The van der Waals surface area contributed by atoms with E-state index in [1.165, 1.54) is 0 Å². The number of halogens is 1. The average Bonchev–Trinajstić information content (AvgIpc) is 2.96. The van der Waals surface area contributed by atoms with E-state index in [9.17, 15) is 9.90 Å². The topological polar surface area (TPSA) is 70.6 Å². The van der Waals surface area contributed by atoms with Gasteiger partial charge in [-0.2, -0.15) is 0 Å². The molecule has 0 unspecified atom stereocenters. The van der Waals surface area contributed by atoms with Crippen LogP contribution in [0, 0.1) is 0 Å². The number of nitrogens with one attached hydrogen (secondary N) is 2. The predicted molar refractivity (Wildman–Crippen MR) is 96.5 cm³/mol. The van der Waals surface area contributed by atoms with Crippen LogP contribution in [0.25, 0.3) is 0 Å². The molecule has 3 N–H and O–H groups in total. The van der Waals surface area contributed by atoms with E-state index in [1.807, 2.05) is 30.3 Å². The molecule has 0 radical (unpaired) electrons. The highest BCUT2D eigenvalue weighted by atomic mass is 35.5. The average molecular weight is 359 g/mol. The zero-order valence-corrected chi connectivity index (χ0v) is 14.3. The van der Waals surface area contributed by atoms with Gasteiger partial charge in [-0.25, -0.2) is 4.79 Å². The Morgan fingerprint density at radius 2 is 2.04 bits per heavy atom. The molecule has 5 nitrogen and oxygen atoms in total. The second-order valence-corrected chi connectivity index (χ2v) is 7.00. The minimum Gasteiger partial charge on any atom is -0.491 e. The Bertz CT molecular complexity index is 824. The quantitative estimate of drug-likeness (QED) is 0.773. The van der Waals surface area contributed by atoms with E-state index < -0.39 is 0 Å². The number of carbonyl (C=O) groups is 1. The molecule has 0 aromatic heterocycles. The first-order chi connectivity index (χ1) is 12.1. The molecule has 0 spiro atoms. The molecule has 4 rings (SSSR count). The molecule has 1 aliphatic carbocycles. The Balaban J connectivity index is 1.42. The number of hydrogen-bond acceptors (Lipinski definition) is 3. The Kier molecular flexibility index (Phi) is 4.27. The number of anilines is 1. The van der Waals surface area contributed by atoms with Crippen molar-refractivity contribution in [1.29, 1.82) is 0 Å². The molecule has 6 heteroatoms. The van der Waals surface area contributed by atoms with E-state index in [2.05, 4.69) is 10.6 Å².